The highest BCUT2D eigenvalue weighted by molar-refractivity contribution is 5.82. The van der Waals surface area contributed by atoms with Gasteiger partial charge in [0.25, 0.3) is 0 Å². The van der Waals surface area contributed by atoms with Gasteiger partial charge in [-0.2, -0.15) is 0 Å². The van der Waals surface area contributed by atoms with E-state index in [0.29, 0.717) is 13.0 Å². The van der Waals surface area contributed by atoms with Crippen LogP contribution in [-0.2, 0) is 20.8 Å². The predicted octanol–water partition coefficient (Wildman–Crippen LogP) is 2.67. The standard InChI is InChI=1S/C19H28N2O4/c1-19(2,3)25-18(23)21-13-15(11-16(21)17(22)24-5)20(4)12-14-9-7-6-8-10-14/h6-10,15-16H,11-13H2,1-5H3/t15-,16-/m0/s1. The topological polar surface area (TPSA) is 59.1 Å². The molecule has 0 spiro atoms. The molecule has 0 unspecified atom stereocenters. The van der Waals surface area contributed by atoms with Gasteiger partial charge in [0, 0.05) is 19.1 Å². The molecule has 1 heterocycles. The van der Waals surface area contributed by atoms with Crippen molar-refractivity contribution in [2.45, 2.75) is 51.4 Å². The molecule has 1 amide bonds. The number of carbonyl (C=O) groups excluding carboxylic acids is 2. The van der Waals surface area contributed by atoms with E-state index in [4.69, 9.17) is 9.47 Å². The number of nitrogens with zero attached hydrogens (tertiary/aromatic N) is 2. The first kappa shape index (κ1) is 19.2. The molecule has 1 aliphatic heterocycles. The fraction of sp³-hybridized carbons (Fsp3) is 0.579. The molecule has 1 saturated heterocycles. The van der Waals surface area contributed by atoms with Crippen LogP contribution in [0.1, 0.15) is 32.8 Å². The van der Waals surface area contributed by atoms with Gasteiger partial charge in [-0.25, -0.2) is 9.59 Å². The summed E-state index contributed by atoms with van der Waals surface area (Å²) in [6.07, 6.45) is 0.0634. The zero-order valence-corrected chi connectivity index (χ0v) is 15.7. The molecule has 0 radical (unpaired) electrons. The molecular weight excluding hydrogens is 320 g/mol. The summed E-state index contributed by atoms with van der Waals surface area (Å²) in [6, 6.07) is 9.57. The number of hydrogen-bond donors (Lipinski definition) is 0. The van der Waals surface area contributed by atoms with E-state index < -0.39 is 23.7 Å². The lowest BCUT2D eigenvalue weighted by Crippen LogP contribution is -2.44. The Morgan fingerprint density at radius 1 is 1.24 bits per heavy atom. The average Bonchev–Trinajstić information content (AvgIpc) is 2.99. The molecule has 6 nitrogen and oxygen atoms in total. The third kappa shape index (κ3) is 5.19. The van der Waals surface area contributed by atoms with Crippen LogP contribution >= 0.6 is 0 Å². The number of methoxy groups -OCH3 is 1. The molecule has 0 aliphatic carbocycles. The Balaban J connectivity index is 2.09. The van der Waals surface area contributed by atoms with Crippen molar-refractivity contribution < 1.29 is 19.1 Å². The van der Waals surface area contributed by atoms with E-state index in [1.165, 1.54) is 17.6 Å². The van der Waals surface area contributed by atoms with Crippen molar-refractivity contribution in [3.8, 4) is 0 Å². The van der Waals surface area contributed by atoms with E-state index in [1.54, 1.807) is 0 Å². The summed E-state index contributed by atoms with van der Waals surface area (Å²) in [6.45, 7) is 6.63. The van der Waals surface area contributed by atoms with Crippen LogP contribution < -0.4 is 0 Å². The van der Waals surface area contributed by atoms with Gasteiger partial charge < -0.3 is 9.47 Å². The number of hydrogen-bond acceptors (Lipinski definition) is 5. The van der Waals surface area contributed by atoms with Gasteiger partial charge in [0.2, 0.25) is 0 Å². The number of ether oxygens (including phenoxy) is 2. The predicted molar refractivity (Wildman–Crippen MR) is 95.1 cm³/mol. The van der Waals surface area contributed by atoms with Gasteiger partial charge in [-0.1, -0.05) is 30.3 Å². The van der Waals surface area contributed by atoms with Crippen molar-refractivity contribution in [2.24, 2.45) is 0 Å². The summed E-state index contributed by atoms with van der Waals surface area (Å²) in [5, 5.41) is 0. The molecule has 2 rings (SSSR count). The SMILES string of the molecule is COC(=O)[C@@H]1C[C@H](N(C)Cc2ccccc2)CN1C(=O)OC(C)(C)C. The Hall–Kier alpha value is -2.08. The lowest BCUT2D eigenvalue weighted by Gasteiger charge is -2.28. The van der Waals surface area contributed by atoms with E-state index in [-0.39, 0.29) is 6.04 Å². The fourth-order valence-corrected chi connectivity index (χ4v) is 3.02. The zero-order valence-electron chi connectivity index (χ0n) is 15.7. The minimum Gasteiger partial charge on any atom is -0.467 e. The van der Waals surface area contributed by atoms with E-state index in [0.717, 1.165) is 6.54 Å². The van der Waals surface area contributed by atoms with Crippen LogP contribution in [0.4, 0.5) is 4.79 Å². The van der Waals surface area contributed by atoms with E-state index in [2.05, 4.69) is 17.0 Å². The quantitative estimate of drug-likeness (QED) is 0.783. The van der Waals surface area contributed by atoms with Crippen molar-refractivity contribution in [1.82, 2.24) is 9.80 Å². The normalized spacial score (nSPS) is 20.6. The number of amides is 1. The van der Waals surface area contributed by atoms with Crippen molar-refractivity contribution in [2.75, 3.05) is 20.7 Å². The van der Waals surface area contributed by atoms with Crippen LogP contribution in [0.3, 0.4) is 0 Å². The highest BCUT2D eigenvalue weighted by atomic mass is 16.6. The first-order valence-corrected chi connectivity index (χ1v) is 8.53. The maximum Gasteiger partial charge on any atom is 0.411 e. The first-order chi connectivity index (χ1) is 11.7. The molecular formula is C19H28N2O4. The van der Waals surface area contributed by atoms with Crippen molar-refractivity contribution in [1.29, 1.82) is 0 Å². The molecule has 1 aromatic carbocycles. The number of benzene rings is 1. The summed E-state index contributed by atoms with van der Waals surface area (Å²) in [4.78, 5) is 28.3. The van der Waals surface area contributed by atoms with Gasteiger partial charge in [-0.3, -0.25) is 9.80 Å². The molecule has 2 atom stereocenters. The Morgan fingerprint density at radius 3 is 2.44 bits per heavy atom. The van der Waals surface area contributed by atoms with E-state index in [1.807, 2.05) is 46.0 Å². The third-order valence-corrected chi connectivity index (χ3v) is 4.28. The number of rotatable bonds is 4. The second kappa shape index (κ2) is 7.87. The molecule has 1 aromatic rings. The monoisotopic (exact) mass is 348 g/mol. The Kier molecular flexibility index (Phi) is 6.06. The molecule has 0 N–H and O–H groups in total. The first-order valence-electron chi connectivity index (χ1n) is 8.53. The molecule has 1 aliphatic rings. The van der Waals surface area contributed by atoms with Gasteiger partial charge in [0.05, 0.1) is 7.11 Å². The fourth-order valence-electron chi connectivity index (χ4n) is 3.02. The number of likely N-dealkylation sites (N-methyl/N-ethyl adjacent to an activating group) is 1. The Morgan fingerprint density at radius 2 is 1.88 bits per heavy atom. The van der Waals surface area contributed by atoms with Crippen LogP contribution in [0.15, 0.2) is 30.3 Å². The minimum absolute atomic E-state index is 0.0665. The van der Waals surface area contributed by atoms with E-state index in [9.17, 15) is 9.59 Å². The summed E-state index contributed by atoms with van der Waals surface area (Å²) in [7, 11) is 3.35. The number of esters is 1. The maximum absolute atomic E-state index is 12.5. The van der Waals surface area contributed by atoms with Crippen LogP contribution in [0.5, 0.6) is 0 Å². The number of likely N-dealkylation sites (tertiary alicyclic amines) is 1. The lowest BCUT2D eigenvalue weighted by atomic mass is 10.1. The summed E-state index contributed by atoms with van der Waals surface area (Å²) in [5.74, 6) is -0.401. The summed E-state index contributed by atoms with van der Waals surface area (Å²) >= 11 is 0. The van der Waals surface area contributed by atoms with E-state index >= 15 is 0 Å². The maximum atomic E-state index is 12.5. The summed E-state index contributed by atoms with van der Waals surface area (Å²) < 4.78 is 10.3. The van der Waals surface area contributed by atoms with Crippen molar-refractivity contribution in [3.63, 3.8) is 0 Å². The second-order valence-electron chi connectivity index (χ2n) is 7.46. The Labute approximate surface area is 149 Å². The highest BCUT2D eigenvalue weighted by Crippen LogP contribution is 2.25. The third-order valence-electron chi connectivity index (χ3n) is 4.28. The van der Waals surface area contributed by atoms with Gasteiger partial charge in [-0.15, -0.1) is 0 Å². The lowest BCUT2D eigenvalue weighted by molar-refractivity contribution is -0.145. The molecule has 1 fully saturated rings. The molecule has 0 bridgehead atoms. The van der Waals surface area contributed by atoms with Crippen LogP contribution in [0.25, 0.3) is 0 Å². The molecule has 6 heteroatoms. The van der Waals surface area contributed by atoms with Crippen LogP contribution in [0.2, 0.25) is 0 Å². The number of carbonyl (C=O) groups is 2. The van der Waals surface area contributed by atoms with Crippen molar-refractivity contribution >= 4 is 12.1 Å². The Bertz CT molecular complexity index is 597. The second-order valence-corrected chi connectivity index (χ2v) is 7.46. The molecule has 0 saturated carbocycles. The van der Waals surface area contributed by atoms with Gasteiger partial charge in [0.15, 0.2) is 0 Å². The molecule has 25 heavy (non-hydrogen) atoms. The molecule has 138 valence electrons. The average molecular weight is 348 g/mol. The largest absolute Gasteiger partial charge is 0.467 e. The minimum atomic E-state index is -0.608. The van der Waals surface area contributed by atoms with Gasteiger partial charge in [0.1, 0.15) is 11.6 Å². The van der Waals surface area contributed by atoms with Crippen LogP contribution in [-0.4, -0.2) is 60.2 Å². The van der Waals surface area contributed by atoms with Crippen LogP contribution in [0, 0.1) is 0 Å². The zero-order chi connectivity index (χ0) is 18.6. The highest BCUT2D eigenvalue weighted by Gasteiger charge is 2.43. The smallest absolute Gasteiger partial charge is 0.411 e. The molecule has 0 aromatic heterocycles. The summed E-state index contributed by atoms with van der Waals surface area (Å²) in [5.41, 5.74) is 0.585. The van der Waals surface area contributed by atoms with Gasteiger partial charge in [-0.05, 0) is 39.8 Å². The van der Waals surface area contributed by atoms with Gasteiger partial charge >= 0.3 is 12.1 Å². The van der Waals surface area contributed by atoms with Crippen molar-refractivity contribution in [3.05, 3.63) is 35.9 Å².